The summed E-state index contributed by atoms with van der Waals surface area (Å²) in [6.07, 6.45) is 6.66. The molecule has 2 aromatic carbocycles. The summed E-state index contributed by atoms with van der Waals surface area (Å²) >= 11 is 0. The molecule has 2 atom stereocenters. The number of furan rings is 1. The highest BCUT2D eigenvalue weighted by Gasteiger charge is 2.42. The van der Waals surface area contributed by atoms with Crippen molar-refractivity contribution in [3.8, 4) is 11.1 Å². The summed E-state index contributed by atoms with van der Waals surface area (Å²) in [7, 11) is 1.22. The molecule has 2 aromatic heterocycles. The van der Waals surface area contributed by atoms with Crippen molar-refractivity contribution in [2.75, 3.05) is 13.7 Å². The van der Waals surface area contributed by atoms with Crippen LogP contribution in [0.4, 0.5) is 13.2 Å². The number of carbonyl (C=O) groups excluding carboxylic acids is 1. The number of hydrogen-bond acceptors (Lipinski definition) is 5. The number of halogens is 3. The van der Waals surface area contributed by atoms with Gasteiger partial charge < -0.3 is 9.15 Å². The van der Waals surface area contributed by atoms with E-state index in [1.165, 1.54) is 27.0 Å². The minimum absolute atomic E-state index is 0.0559. The SMILES string of the molecule is CCn1cc(-c2ccc3oc4c(c3c2)CC(C)N(CC(C)(C)F)C4c2c(F)cc(/C=C/C(=O)OC)cc2F)cn1. The number of alkyl halides is 1. The average molecular weight is 552 g/mol. The number of fused-ring (bicyclic) bond motifs is 3. The lowest BCUT2D eigenvalue weighted by atomic mass is 9.87. The maximum atomic E-state index is 15.7. The van der Waals surface area contributed by atoms with Crippen molar-refractivity contribution >= 4 is 23.0 Å². The summed E-state index contributed by atoms with van der Waals surface area (Å²) in [5, 5.41) is 5.22. The summed E-state index contributed by atoms with van der Waals surface area (Å²) in [6.45, 7) is 7.52. The third kappa shape index (κ3) is 5.30. The number of carbonyl (C=O) groups is 1. The van der Waals surface area contributed by atoms with E-state index in [1.807, 2.05) is 42.9 Å². The van der Waals surface area contributed by atoms with Crippen molar-refractivity contribution in [2.45, 2.75) is 58.4 Å². The van der Waals surface area contributed by atoms with Crippen molar-refractivity contribution in [1.29, 1.82) is 0 Å². The Morgan fingerprint density at radius 2 is 1.93 bits per heavy atom. The second-order valence-corrected chi connectivity index (χ2v) is 10.8. The van der Waals surface area contributed by atoms with Crippen LogP contribution in [0.3, 0.4) is 0 Å². The van der Waals surface area contributed by atoms with Crippen LogP contribution in [-0.2, 0) is 22.5 Å². The summed E-state index contributed by atoms with van der Waals surface area (Å²) in [6, 6.07) is 6.87. The number of methoxy groups -OCH3 is 1. The first-order chi connectivity index (χ1) is 19.0. The fourth-order valence-corrected chi connectivity index (χ4v) is 5.45. The second kappa shape index (κ2) is 10.6. The standard InChI is InChI=1S/C31H32F3N3O3/c1-6-36-16-21(15-35-36)20-8-9-26-22(14-20)23-11-18(2)37(17-31(3,4)34)29(30(23)40-26)28-24(32)12-19(13-25(28)33)7-10-27(38)39-5/h7-10,12-16,18,29H,6,11,17H2,1-5H3/b10-7+. The fourth-order valence-electron chi connectivity index (χ4n) is 5.45. The van der Waals surface area contributed by atoms with Gasteiger partial charge in [0.25, 0.3) is 0 Å². The van der Waals surface area contributed by atoms with E-state index < -0.39 is 29.3 Å². The van der Waals surface area contributed by atoms with E-state index in [0.717, 1.165) is 46.8 Å². The summed E-state index contributed by atoms with van der Waals surface area (Å²) < 4.78 is 59.2. The molecule has 0 spiro atoms. The largest absolute Gasteiger partial charge is 0.466 e. The van der Waals surface area contributed by atoms with Gasteiger partial charge in [-0.05, 0) is 75.6 Å². The van der Waals surface area contributed by atoms with Gasteiger partial charge in [-0.1, -0.05) is 6.07 Å². The summed E-state index contributed by atoms with van der Waals surface area (Å²) in [5.74, 6) is -1.88. The van der Waals surface area contributed by atoms with Gasteiger partial charge in [0.2, 0.25) is 0 Å². The van der Waals surface area contributed by atoms with E-state index in [1.54, 1.807) is 11.1 Å². The Labute approximate surface area is 231 Å². The van der Waals surface area contributed by atoms with Gasteiger partial charge >= 0.3 is 5.97 Å². The van der Waals surface area contributed by atoms with Gasteiger partial charge in [-0.3, -0.25) is 9.58 Å². The van der Waals surface area contributed by atoms with Crippen LogP contribution in [0.5, 0.6) is 0 Å². The lowest BCUT2D eigenvalue weighted by Crippen LogP contribution is -2.48. The monoisotopic (exact) mass is 551 g/mol. The summed E-state index contributed by atoms with van der Waals surface area (Å²) in [5.41, 5.74) is 1.65. The highest BCUT2D eigenvalue weighted by molar-refractivity contribution is 5.88. The molecule has 6 nitrogen and oxygen atoms in total. The van der Waals surface area contributed by atoms with Crippen molar-refractivity contribution in [1.82, 2.24) is 14.7 Å². The zero-order valence-corrected chi connectivity index (χ0v) is 23.2. The highest BCUT2D eigenvalue weighted by atomic mass is 19.1. The third-order valence-corrected chi connectivity index (χ3v) is 7.30. The molecule has 3 heterocycles. The number of aryl methyl sites for hydroxylation is 1. The van der Waals surface area contributed by atoms with Gasteiger partial charge in [-0.15, -0.1) is 0 Å². The molecule has 0 radical (unpaired) electrons. The number of aromatic nitrogens is 2. The van der Waals surface area contributed by atoms with Crippen LogP contribution >= 0.6 is 0 Å². The van der Waals surface area contributed by atoms with Gasteiger partial charge in [0.1, 0.15) is 34.7 Å². The molecule has 1 aliphatic heterocycles. The van der Waals surface area contributed by atoms with E-state index in [4.69, 9.17) is 4.42 Å². The first-order valence-electron chi connectivity index (χ1n) is 13.3. The maximum Gasteiger partial charge on any atom is 0.330 e. The molecular formula is C31H32F3N3O3. The van der Waals surface area contributed by atoms with Crippen molar-refractivity contribution in [3.05, 3.63) is 82.9 Å². The van der Waals surface area contributed by atoms with Crippen molar-refractivity contribution < 1.29 is 27.1 Å². The molecule has 0 fully saturated rings. The molecule has 5 rings (SSSR count). The first-order valence-corrected chi connectivity index (χ1v) is 13.3. The minimum Gasteiger partial charge on any atom is -0.466 e. The fraction of sp³-hybridized carbons (Fsp3) is 0.355. The third-order valence-electron chi connectivity index (χ3n) is 7.30. The van der Waals surface area contributed by atoms with E-state index in [0.29, 0.717) is 17.8 Å². The Kier molecular flexibility index (Phi) is 7.35. The number of esters is 1. The van der Waals surface area contributed by atoms with Crippen LogP contribution in [0, 0.1) is 11.6 Å². The van der Waals surface area contributed by atoms with Crippen LogP contribution in [0.15, 0.2) is 53.2 Å². The van der Waals surface area contributed by atoms with E-state index in [9.17, 15) is 4.79 Å². The normalized spacial score (nSPS) is 18.0. The van der Waals surface area contributed by atoms with Crippen LogP contribution in [-0.4, -0.2) is 46.0 Å². The number of nitrogens with zero attached hydrogens (tertiary/aromatic N) is 3. The zero-order chi connectivity index (χ0) is 28.8. The van der Waals surface area contributed by atoms with Crippen molar-refractivity contribution in [2.24, 2.45) is 0 Å². The molecule has 0 amide bonds. The highest BCUT2D eigenvalue weighted by Crippen LogP contribution is 2.45. The van der Waals surface area contributed by atoms with Gasteiger partial charge in [0.05, 0.1) is 13.3 Å². The maximum absolute atomic E-state index is 15.7. The molecular weight excluding hydrogens is 519 g/mol. The molecule has 2 unspecified atom stereocenters. The Morgan fingerprint density at radius 3 is 2.55 bits per heavy atom. The lowest BCUT2D eigenvalue weighted by Gasteiger charge is -2.42. The molecule has 0 N–H and O–H groups in total. The lowest BCUT2D eigenvalue weighted by molar-refractivity contribution is -0.134. The Bertz CT molecular complexity index is 1580. The topological polar surface area (TPSA) is 60.5 Å². The van der Waals surface area contributed by atoms with Gasteiger partial charge in [-0.25, -0.2) is 18.0 Å². The Morgan fingerprint density at radius 1 is 1.20 bits per heavy atom. The molecule has 210 valence electrons. The second-order valence-electron chi connectivity index (χ2n) is 10.8. The Hall–Kier alpha value is -3.85. The number of hydrogen-bond donors (Lipinski definition) is 0. The Balaban J connectivity index is 1.66. The van der Waals surface area contributed by atoms with Gasteiger partial charge in [0.15, 0.2) is 0 Å². The van der Waals surface area contributed by atoms with Crippen molar-refractivity contribution in [3.63, 3.8) is 0 Å². The molecule has 0 saturated carbocycles. The molecule has 0 bridgehead atoms. The first kappa shape index (κ1) is 27.7. The van der Waals surface area contributed by atoms with Gasteiger partial charge in [-0.2, -0.15) is 5.10 Å². The predicted octanol–water partition coefficient (Wildman–Crippen LogP) is 6.86. The molecule has 1 aliphatic rings. The zero-order valence-electron chi connectivity index (χ0n) is 23.2. The van der Waals surface area contributed by atoms with E-state index in [2.05, 4.69) is 9.84 Å². The smallest absolute Gasteiger partial charge is 0.330 e. The number of rotatable bonds is 7. The van der Waals surface area contributed by atoms with E-state index in [-0.39, 0.29) is 23.7 Å². The molecule has 0 saturated heterocycles. The van der Waals surface area contributed by atoms with Crippen LogP contribution in [0.25, 0.3) is 28.2 Å². The average Bonchev–Trinajstić information content (AvgIpc) is 3.52. The molecule has 40 heavy (non-hydrogen) atoms. The van der Waals surface area contributed by atoms with Gasteiger partial charge in [0, 0.05) is 53.5 Å². The number of ether oxygens (including phenoxy) is 1. The van der Waals surface area contributed by atoms with E-state index >= 15 is 13.2 Å². The molecule has 0 aliphatic carbocycles. The van der Waals surface area contributed by atoms with Crippen LogP contribution in [0.1, 0.15) is 56.2 Å². The molecule has 9 heteroatoms. The van der Waals surface area contributed by atoms with Crippen LogP contribution < -0.4 is 0 Å². The summed E-state index contributed by atoms with van der Waals surface area (Å²) in [4.78, 5) is 13.2. The molecule has 4 aromatic rings. The van der Waals surface area contributed by atoms with Crippen LogP contribution in [0.2, 0.25) is 0 Å². The quantitative estimate of drug-likeness (QED) is 0.185. The predicted molar refractivity (Wildman–Crippen MR) is 147 cm³/mol. The number of benzene rings is 2. The minimum atomic E-state index is -1.63.